The minimum atomic E-state index is 0.163. The number of anilines is 1. The molecule has 0 saturated heterocycles. The molecular weight excluding hydrogens is 366 g/mol. The molecule has 3 N–H and O–H groups in total. The van der Waals surface area contributed by atoms with Crippen molar-refractivity contribution in [2.75, 3.05) is 33.0 Å². The fraction of sp³-hybridized carbons (Fsp3) is 0.667. The molecule has 0 spiro atoms. The van der Waals surface area contributed by atoms with Crippen molar-refractivity contribution in [3.63, 3.8) is 0 Å². The molecular formula is C18H32ClN7O. The first kappa shape index (κ1) is 23.3. The Kier molecular flexibility index (Phi) is 10.2. The molecule has 8 nitrogen and oxygen atoms in total. The molecule has 0 radical (unpaired) electrons. The van der Waals surface area contributed by atoms with Gasteiger partial charge in [0, 0.05) is 26.7 Å². The minimum Gasteiger partial charge on any atom is -0.385 e. The summed E-state index contributed by atoms with van der Waals surface area (Å²) in [5, 5.41) is 12.1. The Bertz CT molecular complexity index is 688. The van der Waals surface area contributed by atoms with Crippen LogP contribution in [-0.2, 0) is 11.8 Å². The molecule has 2 unspecified atom stereocenters. The molecule has 2 atom stereocenters. The molecule has 0 saturated carbocycles. The maximum atomic E-state index is 6.13. The van der Waals surface area contributed by atoms with Gasteiger partial charge in [-0.2, -0.15) is 0 Å². The molecule has 2 heterocycles. The summed E-state index contributed by atoms with van der Waals surface area (Å²) in [6, 6.07) is 0. The largest absolute Gasteiger partial charge is 0.385 e. The van der Waals surface area contributed by atoms with Crippen LogP contribution in [0, 0.1) is 5.92 Å². The van der Waals surface area contributed by atoms with Crippen LogP contribution in [0.15, 0.2) is 6.20 Å². The van der Waals surface area contributed by atoms with E-state index in [2.05, 4.69) is 46.3 Å². The predicted molar refractivity (Wildman–Crippen MR) is 110 cm³/mol. The van der Waals surface area contributed by atoms with Crippen LogP contribution in [0.2, 0.25) is 5.02 Å². The van der Waals surface area contributed by atoms with Gasteiger partial charge in [-0.15, -0.1) is 10.2 Å². The molecule has 9 heteroatoms. The number of aromatic nitrogens is 5. The molecule has 27 heavy (non-hydrogen) atoms. The van der Waals surface area contributed by atoms with Crippen molar-refractivity contribution < 1.29 is 4.74 Å². The van der Waals surface area contributed by atoms with E-state index in [4.69, 9.17) is 22.1 Å². The molecule has 2 rings (SSSR count). The van der Waals surface area contributed by atoms with E-state index in [0.29, 0.717) is 22.5 Å². The van der Waals surface area contributed by atoms with Crippen molar-refractivity contribution in [3.05, 3.63) is 17.0 Å². The number of ether oxygens (including phenoxy) is 1. The Morgan fingerprint density at radius 2 is 2.04 bits per heavy atom. The van der Waals surface area contributed by atoms with Crippen LogP contribution in [0.25, 0.3) is 11.5 Å². The molecule has 0 bridgehead atoms. The summed E-state index contributed by atoms with van der Waals surface area (Å²) in [6.45, 7) is 8.27. The lowest BCUT2D eigenvalue weighted by Crippen LogP contribution is -2.22. The van der Waals surface area contributed by atoms with Crippen LogP contribution in [0.3, 0.4) is 0 Å². The first-order valence-corrected chi connectivity index (χ1v) is 9.56. The molecule has 0 amide bonds. The third-order valence-electron chi connectivity index (χ3n) is 4.37. The number of hydrogen-bond acceptors (Lipinski definition) is 7. The number of nitrogens with zero attached hydrogens (tertiary/aromatic N) is 5. The lowest BCUT2D eigenvalue weighted by Gasteiger charge is -2.18. The maximum Gasteiger partial charge on any atom is 0.220 e. The average Bonchev–Trinajstić information content (AvgIpc) is 3.03. The van der Waals surface area contributed by atoms with Gasteiger partial charge in [0.1, 0.15) is 11.5 Å². The van der Waals surface area contributed by atoms with Gasteiger partial charge in [0.05, 0.1) is 11.2 Å². The topological polar surface area (TPSA) is 104 Å². The summed E-state index contributed by atoms with van der Waals surface area (Å²) in [4.78, 5) is 8.01. The van der Waals surface area contributed by atoms with Gasteiger partial charge in [0.2, 0.25) is 5.95 Å². The lowest BCUT2D eigenvalue weighted by atomic mass is 9.95. The second-order valence-electron chi connectivity index (χ2n) is 6.54. The zero-order valence-corrected chi connectivity index (χ0v) is 17.9. The third-order valence-corrected chi connectivity index (χ3v) is 4.65. The summed E-state index contributed by atoms with van der Waals surface area (Å²) in [7, 11) is 5.58. The monoisotopic (exact) mass is 397 g/mol. The fourth-order valence-corrected chi connectivity index (χ4v) is 2.70. The highest BCUT2D eigenvalue weighted by atomic mass is 35.5. The van der Waals surface area contributed by atoms with Gasteiger partial charge >= 0.3 is 0 Å². The standard InChI is InChI=1S/C13H20ClN7.C5H12O/c1-7(5-16-3)8(2)11-19-20-12(21(11)4)10-9(14)6-17-13(15)18-10;1-3-4-5-6-2/h6-8,16H,5H2,1-4H3,(H2,15,17,18);3-5H2,1-2H3. The maximum absolute atomic E-state index is 6.13. The molecule has 0 fully saturated rings. The van der Waals surface area contributed by atoms with Gasteiger partial charge in [-0.3, -0.25) is 0 Å². The van der Waals surface area contributed by atoms with Gasteiger partial charge in [0.15, 0.2) is 5.82 Å². The molecule has 0 aliphatic heterocycles. The van der Waals surface area contributed by atoms with Crippen LogP contribution in [0.1, 0.15) is 45.4 Å². The average molecular weight is 398 g/mol. The summed E-state index contributed by atoms with van der Waals surface area (Å²) in [5.41, 5.74) is 6.12. The Morgan fingerprint density at radius 1 is 1.33 bits per heavy atom. The van der Waals surface area contributed by atoms with E-state index in [1.807, 2.05) is 18.7 Å². The van der Waals surface area contributed by atoms with E-state index >= 15 is 0 Å². The van der Waals surface area contributed by atoms with Crippen LogP contribution >= 0.6 is 11.6 Å². The van der Waals surface area contributed by atoms with Crippen molar-refractivity contribution in [1.82, 2.24) is 30.0 Å². The second-order valence-corrected chi connectivity index (χ2v) is 6.94. The number of methoxy groups -OCH3 is 1. The Morgan fingerprint density at radius 3 is 2.59 bits per heavy atom. The molecule has 2 aromatic rings. The number of nitrogens with one attached hydrogen (secondary N) is 1. The number of hydrogen-bond donors (Lipinski definition) is 2. The first-order chi connectivity index (χ1) is 12.9. The SMILES string of the molecule is CCCCOC.CNCC(C)C(C)c1nnc(-c2nc(N)ncc2Cl)n1C. The van der Waals surface area contributed by atoms with E-state index in [-0.39, 0.29) is 11.9 Å². The van der Waals surface area contributed by atoms with Crippen LogP contribution < -0.4 is 11.1 Å². The number of halogens is 1. The number of rotatable bonds is 8. The minimum absolute atomic E-state index is 0.163. The van der Waals surface area contributed by atoms with Crippen LogP contribution in [0.5, 0.6) is 0 Å². The van der Waals surface area contributed by atoms with Gasteiger partial charge < -0.3 is 20.4 Å². The van der Waals surface area contributed by atoms with Gasteiger partial charge in [0.25, 0.3) is 0 Å². The molecule has 2 aromatic heterocycles. The quantitative estimate of drug-likeness (QED) is 0.660. The van der Waals surface area contributed by atoms with Crippen molar-refractivity contribution in [2.24, 2.45) is 13.0 Å². The first-order valence-electron chi connectivity index (χ1n) is 9.18. The van der Waals surface area contributed by atoms with E-state index in [1.54, 1.807) is 7.11 Å². The highest BCUT2D eigenvalue weighted by Gasteiger charge is 2.22. The van der Waals surface area contributed by atoms with Crippen molar-refractivity contribution in [3.8, 4) is 11.5 Å². The summed E-state index contributed by atoms with van der Waals surface area (Å²) in [6.07, 6.45) is 3.89. The molecule has 0 aliphatic rings. The molecule has 152 valence electrons. The zero-order valence-electron chi connectivity index (χ0n) is 17.2. The Balaban J connectivity index is 0.000000527. The third kappa shape index (κ3) is 6.71. The van der Waals surface area contributed by atoms with E-state index < -0.39 is 0 Å². The van der Waals surface area contributed by atoms with Crippen LogP contribution in [0.4, 0.5) is 5.95 Å². The Labute approximate surface area is 166 Å². The van der Waals surface area contributed by atoms with Gasteiger partial charge in [-0.25, -0.2) is 9.97 Å². The Hall–Kier alpha value is -1.77. The lowest BCUT2D eigenvalue weighted by molar-refractivity contribution is 0.194. The van der Waals surface area contributed by atoms with Crippen LogP contribution in [-0.4, -0.2) is 52.0 Å². The summed E-state index contributed by atoms with van der Waals surface area (Å²) in [5.74, 6) is 2.32. The van der Waals surface area contributed by atoms with Gasteiger partial charge in [-0.05, 0) is 25.9 Å². The predicted octanol–water partition coefficient (Wildman–Crippen LogP) is 2.90. The second kappa shape index (κ2) is 11.8. The smallest absolute Gasteiger partial charge is 0.220 e. The molecule has 0 aromatic carbocycles. The summed E-state index contributed by atoms with van der Waals surface area (Å²) < 4.78 is 6.69. The number of nitrogen functional groups attached to an aromatic ring is 1. The number of unbranched alkanes of at least 4 members (excludes halogenated alkanes) is 1. The zero-order chi connectivity index (χ0) is 20.4. The van der Waals surface area contributed by atoms with Crippen molar-refractivity contribution >= 4 is 17.5 Å². The number of nitrogens with two attached hydrogens (primary N) is 1. The fourth-order valence-electron chi connectivity index (χ4n) is 2.52. The molecule has 0 aliphatic carbocycles. The normalized spacial score (nSPS) is 13.0. The van der Waals surface area contributed by atoms with E-state index in [1.165, 1.54) is 19.0 Å². The van der Waals surface area contributed by atoms with E-state index in [0.717, 1.165) is 19.0 Å². The van der Waals surface area contributed by atoms with E-state index in [9.17, 15) is 0 Å². The van der Waals surface area contributed by atoms with Crippen molar-refractivity contribution in [2.45, 2.75) is 39.5 Å². The van der Waals surface area contributed by atoms with Gasteiger partial charge in [-0.1, -0.05) is 38.8 Å². The highest BCUT2D eigenvalue weighted by molar-refractivity contribution is 6.32. The summed E-state index contributed by atoms with van der Waals surface area (Å²) >= 11 is 6.13. The van der Waals surface area contributed by atoms with Crippen molar-refractivity contribution in [1.29, 1.82) is 0 Å². The highest BCUT2D eigenvalue weighted by Crippen LogP contribution is 2.28.